The molecule has 0 aliphatic carbocycles. The molecule has 7 nitrogen and oxygen atoms in total. The maximum atomic E-state index is 5.17. The lowest BCUT2D eigenvalue weighted by Gasteiger charge is -2.41. The molecule has 7 heteroatoms. The molecule has 0 spiro atoms. The molecule has 2 N–H and O–H groups in total. The highest BCUT2D eigenvalue weighted by Crippen LogP contribution is 2.19. The van der Waals surface area contributed by atoms with Crippen LogP contribution in [0.3, 0.4) is 0 Å². The highest BCUT2D eigenvalue weighted by molar-refractivity contribution is 5.79. The van der Waals surface area contributed by atoms with Crippen molar-refractivity contribution in [1.82, 2.24) is 25.3 Å². The van der Waals surface area contributed by atoms with Crippen molar-refractivity contribution in [2.75, 3.05) is 40.4 Å². The molecule has 2 heterocycles. The van der Waals surface area contributed by atoms with Crippen molar-refractivity contribution in [2.24, 2.45) is 4.99 Å². The summed E-state index contributed by atoms with van der Waals surface area (Å²) >= 11 is 0. The lowest BCUT2D eigenvalue weighted by molar-refractivity contribution is 0.0982. The van der Waals surface area contributed by atoms with Crippen molar-refractivity contribution < 1.29 is 4.74 Å². The van der Waals surface area contributed by atoms with Crippen LogP contribution in [0, 0.1) is 13.8 Å². The first kappa shape index (κ1) is 21.7. The number of hydrogen-bond donors (Lipinski definition) is 2. The minimum absolute atomic E-state index is 0.120. The van der Waals surface area contributed by atoms with E-state index in [0.29, 0.717) is 13.2 Å². The summed E-state index contributed by atoms with van der Waals surface area (Å²) in [5.74, 6) is 0.837. The zero-order valence-corrected chi connectivity index (χ0v) is 18.1. The fourth-order valence-corrected chi connectivity index (χ4v) is 3.69. The van der Waals surface area contributed by atoms with Gasteiger partial charge in [0.05, 0.1) is 18.8 Å². The van der Waals surface area contributed by atoms with E-state index in [1.54, 1.807) is 7.11 Å². The van der Waals surface area contributed by atoms with Crippen LogP contribution in [0.2, 0.25) is 0 Å². The van der Waals surface area contributed by atoms with E-state index < -0.39 is 0 Å². The molecule has 1 aromatic heterocycles. The van der Waals surface area contributed by atoms with Crippen molar-refractivity contribution in [1.29, 1.82) is 0 Å². The van der Waals surface area contributed by atoms with Gasteiger partial charge in [-0.25, -0.2) is 0 Å². The second kappa shape index (κ2) is 10.1. The third-order valence-corrected chi connectivity index (χ3v) is 5.60. The predicted octanol–water partition coefficient (Wildman–Crippen LogP) is 2.08. The number of aliphatic imine (C=N–C) groups is 1. The quantitative estimate of drug-likeness (QED) is 0.535. The summed E-state index contributed by atoms with van der Waals surface area (Å²) in [6.45, 7) is 14.2. The number of aryl methyl sites for hydroxylation is 1. The lowest BCUT2D eigenvalue weighted by Crippen LogP contribution is -2.54. The zero-order chi connectivity index (χ0) is 19.9. The molecule has 154 valence electrons. The highest BCUT2D eigenvalue weighted by atomic mass is 16.5. The first-order valence-electron chi connectivity index (χ1n) is 10.1. The maximum Gasteiger partial charge on any atom is 0.191 e. The number of likely N-dealkylation sites (tertiary alicyclic amines) is 1. The molecule has 0 unspecified atom stereocenters. The van der Waals surface area contributed by atoms with Gasteiger partial charge in [0, 0.05) is 44.0 Å². The van der Waals surface area contributed by atoms with Crippen molar-refractivity contribution in [2.45, 2.75) is 65.6 Å². The van der Waals surface area contributed by atoms with E-state index in [4.69, 9.17) is 4.74 Å². The molecule has 1 aliphatic heterocycles. The molecule has 0 aromatic carbocycles. The summed E-state index contributed by atoms with van der Waals surface area (Å²) in [7, 11) is 3.54. The summed E-state index contributed by atoms with van der Waals surface area (Å²) in [6, 6.07) is 0. The number of ether oxygens (including phenoxy) is 1. The molecule has 1 aliphatic rings. The highest BCUT2D eigenvalue weighted by Gasteiger charge is 2.27. The van der Waals surface area contributed by atoms with Gasteiger partial charge < -0.3 is 15.4 Å². The first-order valence-corrected chi connectivity index (χ1v) is 10.1. The third kappa shape index (κ3) is 5.94. The molecule has 2 rings (SSSR count). The Kier molecular flexibility index (Phi) is 8.10. The Morgan fingerprint density at radius 2 is 1.89 bits per heavy atom. The van der Waals surface area contributed by atoms with E-state index in [0.717, 1.165) is 24.7 Å². The van der Waals surface area contributed by atoms with E-state index >= 15 is 0 Å². The van der Waals surface area contributed by atoms with Crippen LogP contribution in [-0.2, 0) is 17.8 Å². The second-order valence-corrected chi connectivity index (χ2v) is 8.00. The van der Waals surface area contributed by atoms with Gasteiger partial charge in [0.1, 0.15) is 0 Å². The van der Waals surface area contributed by atoms with E-state index in [2.05, 4.69) is 53.3 Å². The summed E-state index contributed by atoms with van der Waals surface area (Å²) in [5, 5.41) is 11.6. The Morgan fingerprint density at radius 3 is 2.52 bits per heavy atom. The van der Waals surface area contributed by atoms with Gasteiger partial charge in [0.15, 0.2) is 5.96 Å². The first-order chi connectivity index (χ1) is 12.9. The minimum Gasteiger partial charge on any atom is -0.383 e. The van der Waals surface area contributed by atoms with Gasteiger partial charge in [0.2, 0.25) is 0 Å². The van der Waals surface area contributed by atoms with Crippen LogP contribution in [-0.4, -0.2) is 66.6 Å². The molecule has 0 radical (unpaired) electrons. The van der Waals surface area contributed by atoms with Gasteiger partial charge >= 0.3 is 0 Å². The van der Waals surface area contributed by atoms with Crippen LogP contribution >= 0.6 is 0 Å². The van der Waals surface area contributed by atoms with Gasteiger partial charge in [0.25, 0.3) is 0 Å². The van der Waals surface area contributed by atoms with Gasteiger partial charge in [-0.1, -0.05) is 6.42 Å². The van der Waals surface area contributed by atoms with Crippen molar-refractivity contribution >= 4 is 5.96 Å². The number of methoxy groups -OCH3 is 1. The second-order valence-electron chi connectivity index (χ2n) is 8.00. The Labute approximate surface area is 164 Å². The van der Waals surface area contributed by atoms with Crippen LogP contribution in [0.5, 0.6) is 0 Å². The standard InChI is InChI=1S/C20H38N6O/c1-16-18(17(2)26(24-16)12-13-27-6)14-22-19(21-5)23-15-20(3,4)25-10-8-7-9-11-25/h7-15H2,1-6H3,(H2,21,22,23). The monoisotopic (exact) mass is 378 g/mol. The topological polar surface area (TPSA) is 66.7 Å². The summed E-state index contributed by atoms with van der Waals surface area (Å²) in [4.78, 5) is 6.98. The molecule has 0 saturated carbocycles. The van der Waals surface area contributed by atoms with Crippen molar-refractivity contribution in [3.05, 3.63) is 17.0 Å². The smallest absolute Gasteiger partial charge is 0.191 e. The van der Waals surface area contributed by atoms with E-state index in [9.17, 15) is 0 Å². The van der Waals surface area contributed by atoms with Crippen molar-refractivity contribution in [3.63, 3.8) is 0 Å². The normalized spacial score (nSPS) is 16.6. The van der Waals surface area contributed by atoms with E-state index in [1.807, 2.05) is 11.7 Å². The molecular formula is C20H38N6O. The number of rotatable bonds is 8. The fourth-order valence-electron chi connectivity index (χ4n) is 3.69. The molecule has 0 atom stereocenters. The molecule has 1 aromatic rings. The molecule has 1 fully saturated rings. The average molecular weight is 379 g/mol. The number of aromatic nitrogens is 2. The van der Waals surface area contributed by atoms with Crippen LogP contribution in [0.15, 0.2) is 4.99 Å². The van der Waals surface area contributed by atoms with Gasteiger partial charge in [-0.15, -0.1) is 0 Å². The molecule has 27 heavy (non-hydrogen) atoms. The summed E-state index contributed by atoms with van der Waals surface area (Å²) < 4.78 is 7.19. The molecule has 0 bridgehead atoms. The van der Waals surface area contributed by atoms with Crippen LogP contribution in [0.4, 0.5) is 0 Å². The molecule has 0 amide bonds. The number of guanidine groups is 1. The fraction of sp³-hybridized carbons (Fsp3) is 0.800. The average Bonchev–Trinajstić information content (AvgIpc) is 2.94. The van der Waals surface area contributed by atoms with Crippen molar-refractivity contribution in [3.8, 4) is 0 Å². The van der Waals surface area contributed by atoms with E-state index in [-0.39, 0.29) is 5.54 Å². The van der Waals surface area contributed by atoms with Crippen LogP contribution in [0.1, 0.15) is 50.1 Å². The predicted molar refractivity (Wildman–Crippen MR) is 111 cm³/mol. The Balaban J connectivity index is 1.89. The molecular weight excluding hydrogens is 340 g/mol. The number of nitrogens with zero attached hydrogens (tertiary/aromatic N) is 4. The zero-order valence-electron chi connectivity index (χ0n) is 18.1. The third-order valence-electron chi connectivity index (χ3n) is 5.60. The Hall–Kier alpha value is -1.60. The van der Waals surface area contributed by atoms with Gasteiger partial charge in [-0.2, -0.15) is 5.10 Å². The number of hydrogen-bond acceptors (Lipinski definition) is 4. The SMILES string of the molecule is CN=C(NCc1c(C)nn(CCOC)c1C)NCC(C)(C)N1CCCCC1. The summed E-state index contributed by atoms with van der Waals surface area (Å²) in [6.07, 6.45) is 3.98. The van der Waals surface area contributed by atoms with Gasteiger partial charge in [-0.05, 0) is 53.6 Å². The Morgan fingerprint density at radius 1 is 1.19 bits per heavy atom. The Bertz CT molecular complexity index is 616. The van der Waals surface area contributed by atoms with Gasteiger partial charge in [-0.3, -0.25) is 14.6 Å². The number of piperidine rings is 1. The maximum absolute atomic E-state index is 5.17. The van der Waals surface area contributed by atoms with Crippen LogP contribution < -0.4 is 10.6 Å². The lowest BCUT2D eigenvalue weighted by atomic mass is 9.98. The largest absolute Gasteiger partial charge is 0.383 e. The van der Waals surface area contributed by atoms with Crippen LogP contribution in [0.25, 0.3) is 0 Å². The van der Waals surface area contributed by atoms with E-state index in [1.165, 1.54) is 43.6 Å². The molecule has 1 saturated heterocycles. The minimum atomic E-state index is 0.120. The number of nitrogens with one attached hydrogen (secondary N) is 2. The summed E-state index contributed by atoms with van der Waals surface area (Å²) in [5.41, 5.74) is 3.58.